The Morgan fingerprint density at radius 1 is 0.719 bits per heavy atom. The van der Waals surface area contributed by atoms with Crippen LogP contribution in [-0.2, 0) is 14.2 Å². The van der Waals surface area contributed by atoms with Gasteiger partial charge in [0.25, 0.3) is 0 Å². The molecule has 2 aliphatic heterocycles. The molecule has 2 aliphatic carbocycles. The highest BCUT2D eigenvalue weighted by atomic mass is 16.7. The third-order valence-corrected chi connectivity index (χ3v) is 7.64. The summed E-state index contributed by atoms with van der Waals surface area (Å²) in [4.78, 5) is 0. The number of aliphatic hydroxyl groups is 8. The van der Waals surface area contributed by atoms with Gasteiger partial charge in [-0.2, -0.15) is 0 Å². The van der Waals surface area contributed by atoms with Gasteiger partial charge in [0.05, 0.1) is 49.3 Å². The molecule has 4 rings (SSSR count). The van der Waals surface area contributed by atoms with Gasteiger partial charge in [-0.15, -0.1) is 0 Å². The van der Waals surface area contributed by atoms with Crippen LogP contribution in [0.4, 0.5) is 0 Å². The second-order valence-electron chi connectivity index (χ2n) is 9.81. The van der Waals surface area contributed by atoms with Gasteiger partial charge < -0.3 is 55.1 Å². The molecular weight excluding hydrogens is 428 g/mol. The van der Waals surface area contributed by atoms with E-state index in [1.807, 2.05) is 0 Å². The van der Waals surface area contributed by atoms with Crippen molar-refractivity contribution in [1.82, 2.24) is 0 Å². The normalized spacial score (nSPS) is 54.8. The van der Waals surface area contributed by atoms with Gasteiger partial charge in [-0.1, -0.05) is 0 Å². The predicted octanol–water partition coefficient (Wildman–Crippen LogP) is -3.02. The minimum absolute atomic E-state index is 0.180. The molecule has 14 atom stereocenters. The van der Waals surface area contributed by atoms with Crippen LogP contribution < -0.4 is 0 Å². The smallest absolute Gasteiger partial charge is 0.187 e. The van der Waals surface area contributed by atoms with E-state index in [0.717, 1.165) is 0 Å². The molecule has 0 aromatic carbocycles. The van der Waals surface area contributed by atoms with Crippen LogP contribution in [0.25, 0.3) is 0 Å². The number of aliphatic hydroxyl groups excluding tert-OH is 8. The molecule has 4 fully saturated rings. The fraction of sp³-hybridized carbons (Fsp3) is 1.00. The van der Waals surface area contributed by atoms with Crippen molar-refractivity contribution in [2.75, 3.05) is 6.61 Å². The van der Waals surface area contributed by atoms with Crippen LogP contribution in [-0.4, -0.2) is 121 Å². The van der Waals surface area contributed by atoms with Crippen molar-refractivity contribution in [3.8, 4) is 0 Å². The van der Waals surface area contributed by atoms with E-state index in [-0.39, 0.29) is 24.7 Å². The summed E-state index contributed by atoms with van der Waals surface area (Å²) in [6.45, 7) is -0.580. The van der Waals surface area contributed by atoms with Gasteiger partial charge in [0.2, 0.25) is 0 Å². The van der Waals surface area contributed by atoms with Gasteiger partial charge >= 0.3 is 0 Å². The lowest BCUT2D eigenvalue weighted by Crippen LogP contribution is -2.62. The van der Waals surface area contributed by atoms with Crippen molar-refractivity contribution in [2.45, 2.75) is 112 Å². The summed E-state index contributed by atoms with van der Waals surface area (Å²) < 4.78 is 17.9. The Morgan fingerprint density at radius 2 is 1.47 bits per heavy atom. The fourth-order valence-corrected chi connectivity index (χ4v) is 5.76. The number of hydrogen-bond donors (Lipinski definition) is 8. The van der Waals surface area contributed by atoms with Gasteiger partial charge in [-0.3, -0.25) is 0 Å². The van der Waals surface area contributed by atoms with E-state index >= 15 is 0 Å². The Morgan fingerprint density at radius 3 is 2.16 bits per heavy atom. The van der Waals surface area contributed by atoms with Crippen LogP contribution in [0.15, 0.2) is 0 Å². The number of rotatable bonds is 4. The minimum Gasteiger partial charge on any atom is -0.394 e. The highest BCUT2D eigenvalue weighted by Crippen LogP contribution is 2.43. The van der Waals surface area contributed by atoms with E-state index in [2.05, 4.69) is 0 Å². The molecule has 0 amide bonds. The van der Waals surface area contributed by atoms with Crippen molar-refractivity contribution in [2.24, 2.45) is 11.8 Å². The van der Waals surface area contributed by atoms with Crippen molar-refractivity contribution in [1.29, 1.82) is 0 Å². The number of hydrogen-bond acceptors (Lipinski definition) is 11. The molecule has 2 heterocycles. The molecule has 2 saturated carbocycles. The summed E-state index contributed by atoms with van der Waals surface area (Å²) in [7, 11) is 0. The third-order valence-electron chi connectivity index (χ3n) is 7.64. The van der Waals surface area contributed by atoms with Crippen LogP contribution >= 0.6 is 0 Å². The fourth-order valence-electron chi connectivity index (χ4n) is 5.76. The summed E-state index contributed by atoms with van der Waals surface area (Å²) in [5.74, 6) is -0.496. The first-order valence-electron chi connectivity index (χ1n) is 11.5. The Labute approximate surface area is 186 Å². The largest absolute Gasteiger partial charge is 0.394 e. The van der Waals surface area contributed by atoms with Crippen molar-refractivity contribution in [3.05, 3.63) is 0 Å². The van der Waals surface area contributed by atoms with Crippen molar-refractivity contribution >= 4 is 0 Å². The molecule has 11 heteroatoms. The van der Waals surface area contributed by atoms with Crippen LogP contribution in [0, 0.1) is 11.8 Å². The van der Waals surface area contributed by atoms with E-state index < -0.39 is 80.0 Å². The lowest BCUT2D eigenvalue weighted by Gasteiger charge is -2.51. The first-order valence-corrected chi connectivity index (χ1v) is 11.5. The SMILES string of the molecule is OC[C@@H]1O[C@H](OC2CC3C(O)CC(O)CC3OC2C2CCC(O)C(O)C2)[C@@H](O)[C@@H](O)[C@H]1O. The van der Waals surface area contributed by atoms with E-state index in [9.17, 15) is 40.9 Å². The maximum Gasteiger partial charge on any atom is 0.187 e. The minimum atomic E-state index is -1.58. The summed E-state index contributed by atoms with van der Waals surface area (Å²) >= 11 is 0. The summed E-state index contributed by atoms with van der Waals surface area (Å²) in [5.41, 5.74) is 0. The lowest BCUT2D eigenvalue weighted by atomic mass is 9.72. The second-order valence-corrected chi connectivity index (χ2v) is 9.81. The molecule has 11 nitrogen and oxygen atoms in total. The molecule has 2 saturated heterocycles. The molecule has 8 N–H and O–H groups in total. The summed E-state index contributed by atoms with van der Waals surface area (Å²) in [6, 6.07) is 0. The summed E-state index contributed by atoms with van der Waals surface area (Å²) in [6.07, 6.45) is -9.82. The van der Waals surface area contributed by atoms with Crippen LogP contribution in [0.2, 0.25) is 0 Å². The molecule has 0 aromatic rings. The Balaban J connectivity index is 1.54. The highest BCUT2D eigenvalue weighted by molar-refractivity contribution is 4.99. The Kier molecular flexibility index (Phi) is 7.75. The topological polar surface area (TPSA) is 190 Å². The zero-order valence-electron chi connectivity index (χ0n) is 17.8. The zero-order chi connectivity index (χ0) is 23.2. The maximum absolute atomic E-state index is 10.5. The summed E-state index contributed by atoms with van der Waals surface area (Å²) in [5, 5.41) is 80.7. The number of fused-ring (bicyclic) bond motifs is 1. The van der Waals surface area contributed by atoms with Gasteiger partial charge in [0.1, 0.15) is 24.4 Å². The van der Waals surface area contributed by atoms with Gasteiger partial charge in [0, 0.05) is 5.92 Å². The van der Waals surface area contributed by atoms with Crippen LogP contribution in [0.5, 0.6) is 0 Å². The molecule has 9 unspecified atom stereocenters. The average molecular weight is 465 g/mol. The van der Waals surface area contributed by atoms with Gasteiger partial charge in [0.15, 0.2) is 6.29 Å². The van der Waals surface area contributed by atoms with Crippen molar-refractivity contribution in [3.63, 3.8) is 0 Å². The molecular formula is C21H36O11. The van der Waals surface area contributed by atoms with E-state index in [4.69, 9.17) is 14.2 Å². The van der Waals surface area contributed by atoms with Gasteiger partial charge in [-0.25, -0.2) is 0 Å². The quantitative estimate of drug-likeness (QED) is 0.211. The lowest BCUT2D eigenvalue weighted by molar-refractivity contribution is -0.333. The molecule has 186 valence electrons. The van der Waals surface area contributed by atoms with Crippen LogP contribution in [0.3, 0.4) is 0 Å². The van der Waals surface area contributed by atoms with E-state index in [0.29, 0.717) is 25.7 Å². The second kappa shape index (κ2) is 10.0. The monoisotopic (exact) mass is 464 g/mol. The molecule has 32 heavy (non-hydrogen) atoms. The standard InChI is InChI=1S/C21H36O11/c22-7-16-17(27)18(28)19(29)21(32-16)31-15-6-10-12(25)4-9(23)5-14(10)30-20(15)8-1-2-11(24)13(26)3-8/h8-29H,1-7H2/t8?,9?,10?,11?,12?,13?,14?,15?,16-,17-,18-,19-,20?,21-/m0/s1. The molecule has 4 aliphatic rings. The molecule has 0 bridgehead atoms. The highest BCUT2D eigenvalue weighted by Gasteiger charge is 2.51. The molecule has 0 spiro atoms. The first-order chi connectivity index (χ1) is 15.2. The maximum atomic E-state index is 10.5. The molecule has 0 aromatic heterocycles. The van der Waals surface area contributed by atoms with Gasteiger partial charge in [-0.05, 0) is 44.4 Å². The molecule has 0 radical (unpaired) electrons. The predicted molar refractivity (Wildman–Crippen MR) is 106 cm³/mol. The van der Waals surface area contributed by atoms with Crippen LogP contribution in [0.1, 0.15) is 38.5 Å². The van der Waals surface area contributed by atoms with E-state index in [1.165, 1.54) is 0 Å². The average Bonchev–Trinajstić information content (AvgIpc) is 2.76. The Bertz CT molecular complexity index is 621. The Hall–Kier alpha value is -0.440. The first kappa shape index (κ1) is 24.7. The zero-order valence-corrected chi connectivity index (χ0v) is 17.8. The van der Waals surface area contributed by atoms with E-state index in [1.54, 1.807) is 0 Å². The van der Waals surface area contributed by atoms with Crippen molar-refractivity contribution < 1.29 is 55.1 Å². The number of ether oxygens (including phenoxy) is 3. The third kappa shape index (κ3) is 4.84.